The lowest BCUT2D eigenvalue weighted by molar-refractivity contribution is 0.0937. The van der Waals surface area contributed by atoms with E-state index in [1.165, 1.54) is 0 Å². The van der Waals surface area contributed by atoms with Crippen LogP contribution in [0.3, 0.4) is 0 Å². The topological polar surface area (TPSA) is 81.9 Å². The lowest BCUT2D eigenvalue weighted by atomic mass is 10.1. The van der Waals surface area contributed by atoms with Gasteiger partial charge in [0.25, 0.3) is 5.91 Å². The highest BCUT2D eigenvalue weighted by molar-refractivity contribution is 5.94. The van der Waals surface area contributed by atoms with Crippen LogP contribution in [0.1, 0.15) is 47.0 Å². The molecule has 2 rings (SSSR count). The number of amides is 1. The highest BCUT2D eigenvalue weighted by Crippen LogP contribution is 2.12. The van der Waals surface area contributed by atoms with Gasteiger partial charge in [0.1, 0.15) is 6.33 Å². The molecule has 0 bridgehead atoms. The van der Waals surface area contributed by atoms with Crippen molar-refractivity contribution in [2.45, 2.75) is 39.8 Å². The van der Waals surface area contributed by atoms with Crippen LogP contribution >= 0.6 is 0 Å². The summed E-state index contributed by atoms with van der Waals surface area (Å²) < 4.78 is 6.99. The molecule has 1 amide bonds. The van der Waals surface area contributed by atoms with Crippen molar-refractivity contribution in [3.05, 3.63) is 41.2 Å². The Morgan fingerprint density at radius 3 is 2.70 bits per heavy atom. The smallest absolute Gasteiger partial charge is 0.251 e. The van der Waals surface area contributed by atoms with E-state index in [4.69, 9.17) is 4.74 Å². The van der Waals surface area contributed by atoms with Crippen LogP contribution in [0.4, 0.5) is 0 Å². The molecule has 0 saturated carbocycles. The monoisotopic (exact) mass is 317 g/mol. The molecule has 0 radical (unpaired) electrons. The van der Waals surface area contributed by atoms with Gasteiger partial charge in [0.15, 0.2) is 5.82 Å². The number of pyridine rings is 1. The van der Waals surface area contributed by atoms with Gasteiger partial charge in [-0.15, -0.1) is 10.2 Å². The van der Waals surface area contributed by atoms with E-state index in [1.54, 1.807) is 25.6 Å². The molecule has 7 nitrogen and oxygen atoms in total. The third-order valence-electron chi connectivity index (χ3n) is 3.47. The van der Waals surface area contributed by atoms with Gasteiger partial charge < -0.3 is 14.6 Å². The van der Waals surface area contributed by atoms with E-state index in [0.29, 0.717) is 12.2 Å². The SMILES string of the molecule is COCCCn1cnnc1C(C)NC(=O)c1cc(C)nc(C)c1. The van der Waals surface area contributed by atoms with Crippen molar-refractivity contribution in [2.75, 3.05) is 13.7 Å². The average Bonchev–Trinajstić information content (AvgIpc) is 2.95. The summed E-state index contributed by atoms with van der Waals surface area (Å²) in [6, 6.07) is 3.32. The molecule has 0 saturated heterocycles. The van der Waals surface area contributed by atoms with Crippen LogP contribution in [0.5, 0.6) is 0 Å². The minimum absolute atomic E-state index is 0.141. The lowest BCUT2D eigenvalue weighted by Crippen LogP contribution is -2.29. The zero-order valence-corrected chi connectivity index (χ0v) is 14.0. The molecule has 0 aliphatic carbocycles. The number of hydrogen-bond donors (Lipinski definition) is 1. The van der Waals surface area contributed by atoms with E-state index < -0.39 is 0 Å². The summed E-state index contributed by atoms with van der Waals surface area (Å²) in [7, 11) is 1.68. The first-order valence-corrected chi connectivity index (χ1v) is 7.64. The Bertz CT molecular complexity index is 648. The Balaban J connectivity index is 2.05. The third-order valence-corrected chi connectivity index (χ3v) is 3.47. The van der Waals surface area contributed by atoms with Gasteiger partial charge in [0.05, 0.1) is 6.04 Å². The molecule has 0 aliphatic heterocycles. The summed E-state index contributed by atoms with van der Waals surface area (Å²) in [5.74, 6) is 0.592. The van der Waals surface area contributed by atoms with Crippen molar-refractivity contribution in [1.82, 2.24) is 25.1 Å². The van der Waals surface area contributed by atoms with Gasteiger partial charge in [-0.1, -0.05) is 0 Å². The van der Waals surface area contributed by atoms with Crippen LogP contribution < -0.4 is 5.32 Å². The van der Waals surface area contributed by atoms with Crippen molar-refractivity contribution in [2.24, 2.45) is 0 Å². The fourth-order valence-electron chi connectivity index (χ4n) is 2.46. The van der Waals surface area contributed by atoms with Gasteiger partial charge >= 0.3 is 0 Å². The van der Waals surface area contributed by atoms with Crippen LogP contribution in [0.15, 0.2) is 18.5 Å². The van der Waals surface area contributed by atoms with Gasteiger partial charge in [-0.05, 0) is 39.3 Å². The molecule has 0 fully saturated rings. The number of carbonyl (C=O) groups excluding carboxylic acids is 1. The highest BCUT2D eigenvalue weighted by atomic mass is 16.5. The molecule has 1 unspecified atom stereocenters. The first-order chi connectivity index (χ1) is 11.0. The first kappa shape index (κ1) is 17.1. The molecule has 2 heterocycles. The molecule has 0 aliphatic rings. The number of methoxy groups -OCH3 is 1. The zero-order valence-electron chi connectivity index (χ0n) is 14.0. The first-order valence-electron chi connectivity index (χ1n) is 7.64. The van der Waals surface area contributed by atoms with Gasteiger partial charge in [-0.25, -0.2) is 0 Å². The molecule has 23 heavy (non-hydrogen) atoms. The fraction of sp³-hybridized carbons (Fsp3) is 0.500. The summed E-state index contributed by atoms with van der Waals surface area (Å²) in [6.45, 7) is 7.08. The number of nitrogens with zero attached hydrogens (tertiary/aromatic N) is 4. The largest absolute Gasteiger partial charge is 0.385 e. The Morgan fingerprint density at radius 2 is 2.04 bits per heavy atom. The van der Waals surface area contributed by atoms with Crippen molar-refractivity contribution < 1.29 is 9.53 Å². The van der Waals surface area contributed by atoms with Crippen molar-refractivity contribution in [1.29, 1.82) is 0 Å². The van der Waals surface area contributed by atoms with E-state index >= 15 is 0 Å². The molecule has 1 N–H and O–H groups in total. The number of nitrogens with one attached hydrogen (secondary N) is 1. The normalized spacial score (nSPS) is 12.2. The molecule has 2 aromatic heterocycles. The van der Waals surface area contributed by atoms with Crippen LogP contribution in [0.2, 0.25) is 0 Å². The number of aryl methyl sites for hydroxylation is 3. The number of ether oxygens (including phenoxy) is 1. The number of carbonyl (C=O) groups is 1. The Kier molecular flexibility index (Phi) is 5.81. The van der Waals surface area contributed by atoms with Crippen LogP contribution in [-0.4, -0.2) is 39.4 Å². The quantitative estimate of drug-likeness (QED) is 0.788. The van der Waals surface area contributed by atoms with Crippen LogP contribution in [-0.2, 0) is 11.3 Å². The van der Waals surface area contributed by atoms with Gasteiger partial charge in [-0.3, -0.25) is 9.78 Å². The standard InChI is InChI=1S/C16H23N5O2/c1-11-8-14(9-12(2)18-11)16(22)19-13(3)15-20-17-10-21(15)6-5-7-23-4/h8-10,13H,5-7H2,1-4H3,(H,19,22). The van der Waals surface area contributed by atoms with E-state index in [9.17, 15) is 4.79 Å². The minimum Gasteiger partial charge on any atom is -0.385 e. The summed E-state index contributed by atoms with van der Waals surface area (Å²) in [5.41, 5.74) is 2.25. The average molecular weight is 317 g/mol. The molecule has 7 heteroatoms. The van der Waals surface area contributed by atoms with Gasteiger partial charge in [-0.2, -0.15) is 0 Å². The van der Waals surface area contributed by atoms with Gasteiger partial charge in [0, 0.05) is 37.2 Å². The number of aromatic nitrogens is 4. The molecular formula is C16H23N5O2. The summed E-state index contributed by atoms with van der Waals surface area (Å²) in [5, 5.41) is 11.0. The molecule has 0 aromatic carbocycles. The predicted molar refractivity (Wildman–Crippen MR) is 86.1 cm³/mol. The molecule has 1 atom stereocenters. The summed E-state index contributed by atoms with van der Waals surface area (Å²) in [6.07, 6.45) is 2.54. The Morgan fingerprint density at radius 1 is 1.35 bits per heavy atom. The van der Waals surface area contributed by atoms with Crippen LogP contribution in [0.25, 0.3) is 0 Å². The maximum absolute atomic E-state index is 12.4. The molecule has 0 spiro atoms. The molecular weight excluding hydrogens is 294 g/mol. The van der Waals surface area contributed by atoms with Crippen molar-refractivity contribution in [3.63, 3.8) is 0 Å². The minimum atomic E-state index is -0.235. The molecule has 124 valence electrons. The highest BCUT2D eigenvalue weighted by Gasteiger charge is 2.17. The lowest BCUT2D eigenvalue weighted by Gasteiger charge is -2.15. The van der Waals surface area contributed by atoms with E-state index in [1.807, 2.05) is 25.3 Å². The fourth-order valence-corrected chi connectivity index (χ4v) is 2.46. The Labute approximate surface area is 136 Å². The molecule has 2 aromatic rings. The zero-order chi connectivity index (χ0) is 16.8. The van der Waals surface area contributed by atoms with Crippen molar-refractivity contribution in [3.8, 4) is 0 Å². The van der Waals surface area contributed by atoms with Gasteiger partial charge in [0.2, 0.25) is 0 Å². The van der Waals surface area contributed by atoms with Crippen LogP contribution in [0, 0.1) is 13.8 Å². The Hall–Kier alpha value is -2.28. The third kappa shape index (κ3) is 4.59. The predicted octanol–water partition coefficient (Wildman–Crippen LogP) is 1.82. The number of rotatable bonds is 7. The second kappa shape index (κ2) is 7.82. The second-order valence-electron chi connectivity index (χ2n) is 5.56. The van der Waals surface area contributed by atoms with E-state index in [-0.39, 0.29) is 11.9 Å². The van der Waals surface area contributed by atoms with E-state index in [0.717, 1.165) is 30.2 Å². The van der Waals surface area contributed by atoms with E-state index in [2.05, 4.69) is 20.5 Å². The summed E-state index contributed by atoms with van der Waals surface area (Å²) >= 11 is 0. The number of hydrogen-bond acceptors (Lipinski definition) is 5. The summed E-state index contributed by atoms with van der Waals surface area (Å²) in [4.78, 5) is 16.7. The maximum atomic E-state index is 12.4. The maximum Gasteiger partial charge on any atom is 0.251 e. The second-order valence-corrected chi connectivity index (χ2v) is 5.56. The van der Waals surface area contributed by atoms with Crippen molar-refractivity contribution >= 4 is 5.91 Å².